The number of nitrogens with zero attached hydrogens (tertiary/aromatic N) is 1. The maximum absolute atomic E-state index is 9.34. The number of aryl methyl sites for hydroxylation is 1. The molecular weight excluding hydrogens is 210 g/mol. The fourth-order valence-corrected chi connectivity index (χ4v) is 2.69. The Morgan fingerprint density at radius 3 is 2.76 bits per heavy atom. The minimum absolute atomic E-state index is 0.325. The molecule has 1 atom stereocenters. The van der Waals surface area contributed by atoms with Gasteiger partial charge in [0.15, 0.2) is 0 Å². The first-order valence-corrected chi connectivity index (χ1v) is 6.79. The summed E-state index contributed by atoms with van der Waals surface area (Å²) < 4.78 is 0. The van der Waals surface area contributed by atoms with E-state index in [0.717, 1.165) is 13.0 Å². The van der Waals surface area contributed by atoms with E-state index in [1.807, 2.05) is 0 Å². The van der Waals surface area contributed by atoms with Crippen LogP contribution in [0.25, 0.3) is 0 Å². The third-order valence-electron chi connectivity index (χ3n) is 3.71. The summed E-state index contributed by atoms with van der Waals surface area (Å²) in [5, 5.41) is 9.34. The highest BCUT2D eigenvalue weighted by Gasteiger charge is 2.20. The Labute approximate surface area is 104 Å². The average Bonchev–Trinajstić information content (AvgIpc) is 2.40. The van der Waals surface area contributed by atoms with Crippen LogP contribution in [0.15, 0.2) is 30.3 Å². The normalized spacial score (nSPS) is 21.6. The minimum Gasteiger partial charge on any atom is -0.395 e. The van der Waals surface area contributed by atoms with Crippen LogP contribution in [0.4, 0.5) is 0 Å². The topological polar surface area (TPSA) is 23.5 Å². The van der Waals surface area contributed by atoms with Crippen molar-refractivity contribution >= 4 is 0 Å². The van der Waals surface area contributed by atoms with Crippen molar-refractivity contribution in [2.45, 2.75) is 38.1 Å². The lowest BCUT2D eigenvalue weighted by Crippen LogP contribution is -2.42. The zero-order valence-corrected chi connectivity index (χ0v) is 10.5. The first-order chi connectivity index (χ1) is 8.40. The molecule has 1 aromatic carbocycles. The summed E-state index contributed by atoms with van der Waals surface area (Å²) >= 11 is 0. The van der Waals surface area contributed by atoms with Crippen molar-refractivity contribution in [2.24, 2.45) is 0 Å². The number of rotatable bonds is 5. The molecule has 0 saturated carbocycles. The van der Waals surface area contributed by atoms with Gasteiger partial charge in [-0.15, -0.1) is 0 Å². The van der Waals surface area contributed by atoms with E-state index in [4.69, 9.17) is 0 Å². The van der Waals surface area contributed by atoms with E-state index >= 15 is 0 Å². The van der Waals surface area contributed by atoms with Gasteiger partial charge in [-0.3, -0.25) is 4.90 Å². The van der Waals surface area contributed by atoms with Gasteiger partial charge < -0.3 is 5.11 Å². The fourth-order valence-electron chi connectivity index (χ4n) is 2.69. The molecule has 1 fully saturated rings. The van der Waals surface area contributed by atoms with Gasteiger partial charge in [0.2, 0.25) is 0 Å². The zero-order valence-electron chi connectivity index (χ0n) is 10.5. The monoisotopic (exact) mass is 233 g/mol. The van der Waals surface area contributed by atoms with E-state index in [2.05, 4.69) is 35.2 Å². The molecule has 0 radical (unpaired) electrons. The summed E-state index contributed by atoms with van der Waals surface area (Å²) in [6.07, 6.45) is 6.08. The summed E-state index contributed by atoms with van der Waals surface area (Å²) in [6.45, 7) is 2.62. The van der Waals surface area contributed by atoms with Crippen LogP contribution in [0.3, 0.4) is 0 Å². The molecule has 1 aliphatic rings. The smallest absolute Gasteiger partial charge is 0.0586 e. The van der Waals surface area contributed by atoms with Gasteiger partial charge in [-0.2, -0.15) is 0 Å². The quantitative estimate of drug-likeness (QED) is 0.844. The Hall–Kier alpha value is -0.860. The van der Waals surface area contributed by atoms with E-state index in [1.54, 1.807) is 0 Å². The van der Waals surface area contributed by atoms with Gasteiger partial charge in [0.05, 0.1) is 6.61 Å². The summed E-state index contributed by atoms with van der Waals surface area (Å²) in [5.74, 6) is 0. The molecule has 0 aliphatic carbocycles. The van der Waals surface area contributed by atoms with Gasteiger partial charge in [-0.05, 0) is 44.3 Å². The largest absolute Gasteiger partial charge is 0.395 e. The molecule has 2 rings (SSSR count). The number of hydrogen-bond donors (Lipinski definition) is 1. The molecule has 1 heterocycles. The van der Waals surface area contributed by atoms with Crippen LogP contribution in [-0.2, 0) is 6.42 Å². The SMILES string of the molecule is OC[C@H]1CCCCN1CCCc1ccccc1. The predicted octanol–water partition coefficient (Wildman–Crippen LogP) is 2.47. The van der Waals surface area contributed by atoms with Crippen molar-refractivity contribution in [3.8, 4) is 0 Å². The maximum Gasteiger partial charge on any atom is 0.0586 e. The molecule has 0 spiro atoms. The molecule has 0 bridgehead atoms. The zero-order chi connectivity index (χ0) is 11.9. The van der Waals surface area contributed by atoms with Gasteiger partial charge in [0.1, 0.15) is 0 Å². The number of aliphatic hydroxyl groups is 1. The van der Waals surface area contributed by atoms with Crippen LogP contribution in [0.2, 0.25) is 0 Å². The molecule has 0 aromatic heterocycles. The van der Waals surface area contributed by atoms with E-state index in [9.17, 15) is 5.11 Å². The number of hydrogen-bond acceptors (Lipinski definition) is 2. The first kappa shape index (κ1) is 12.6. The Morgan fingerprint density at radius 2 is 2.00 bits per heavy atom. The lowest BCUT2D eigenvalue weighted by Gasteiger charge is -2.34. The number of likely N-dealkylation sites (tertiary alicyclic amines) is 1. The van der Waals surface area contributed by atoms with Crippen molar-refractivity contribution in [3.63, 3.8) is 0 Å². The van der Waals surface area contributed by atoms with E-state index in [0.29, 0.717) is 12.6 Å². The van der Waals surface area contributed by atoms with Crippen LogP contribution in [-0.4, -0.2) is 35.7 Å². The van der Waals surface area contributed by atoms with Gasteiger partial charge in [0.25, 0.3) is 0 Å². The maximum atomic E-state index is 9.34. The van der Waals surface area contributed by atoms with Gasteiger partial charge >= 0.3 is 0 Å². The van der Waals surface area contributed by atoms with Gasteiger partial charge in [-0.1, -0.05) is 36.8 Å². The molecule has 1 saturated heterocycles. The average molecular weight is 233 g/mol. The van der Waals surface area contributed by atoms with Crippen LogP contribution in [0.1, 0.15) is 31.2 Å². The third kappa shape index (κ3) is 3.83. The summed E-state index contributed by atoms with van der Waals surface area (Å²) in [6, 6.07) is 11.1. The highest BCUT2D eigenvalue weighted by molar-refractivity contribution is 5.14. The number of aliphatic hydroxyl groups excluding tert-OH is 1. The molecule has 2 heteroatoms. The molecule has 17 heavy (non-hydrogen) atoms. The molecule has 1 aliphatic heterocycles. The summed E-state index contributed by atoms with van der Waals surface area (Å²) in [5.41, 5.74) is 1.42. The lowest BCUT2D eigenvalue weighted by molar-refractivity contribution is 0.0893. The standard InChI is InChI=1S/C15H23NO/c17-13-15-10-4-5-11-16(15)12-6-9-14-7-2-1-3-8-14/h1-3,7-8,15,17H,4-6,9-13H2/t15-/m1/s1. The van der Waals surface area contributed by atoms with Crippen LogP contribution < -0.4 is 0 Å². The Morgan fingerprint density at radius 1 is 1.18 bits per heavy atom. The fraction of sp³-hybridized carbons (Fsp3) is 0.600. The van der Waals surface area contributed by atoms with Crippen molar-refractivity contribution < 1.29 is 5.11 Å². The van der Waals surface area contributed by atoms with Gasteiger partial charge in [0, 0.05) is 6.04 Å². The van der Waals surface area contributed by atoms with Crippen molar-refractivity contribution in [3.05, 3.63) is 35.9 Å². The predicted molar refractivity (Wildman–Crippen MR) is 71.1 cm³/mol. The Balaban J connectivity index is 1.74. The van der Waals surface area contributed by atoms with Crippen LogP contribution in [0, 0.1) is 0 Å². The van der Waals surface area contributed by atoms with Crippen LogP contribution >= 0.6 is 0 Å². The number of piperidine rings is 1. The molecule has 1 aromatic rings. The highest BCUT2D eigenvalue weighted by Crippen LogP contribution is 2.17. The van der Waals surface area contributed by atoms with Crippen molar-refractivity contribution in [1.82, 2.24) is 4.90 Å². The highest BCUT2D eigenvalue weighted by atomic mass is 16.3. The Kier molecular flexibility index (Phi) is 5.02. The van der Waals surface area contributed by atoms with Crippen molar-refractivity contribution in [1.29, 1.82) is 0 Å². The van der Waals surface area contributed by atoms with E-state index in [1.165, 1.54) is 37.8 Å². The first-order valence-electron chi connectivity index (χ1n) is 6.79. The molecule has 1 N–H and O–H groups in total. The minimum atomic E-state index is 0.325. The second-order valence-corrected chi connectivity index (χ2v) is 4.96. The van der Waals surface area contributed by atoms with E-state index < -0.39 is 0 Å². The van der Waals surface area contributed by atoms with E-state index in [-0.39, 0.29) is 0 Å². The van der Waals surface area contributed by atoms with Crippen molar-refractivity contribution in [2.75, 3.05) is 19.7 Å². The molecule has 2 nitrogen and oxygen atoms in total. The third-order valence-corrected chi connectivity index (χ3v) is 3.71. The summed E-state index contributed by atoms with van der Waals surface area (Å²) in [7, 11) is 0. The molecular formula is C15H23NO. The summed E-state index contributed by atoms with van der Waals surface area (Å²) in [4.78, 5) is 2.46. The Bertz CT molecular complexity index is 312. The molecule has 0 unspecified atom stereocenters. The second kappa shape index (κ2) is 6.77. The lowest BCUT2D eigenvalue weighted by atomic mass is 10.0. The second-order valence-electron chi connectivity index (χ2n) is 4.96. The van der Waals surface area contributed by atoms with Crippen LogP contribution in [0.5, 0.6) is 0 Å². The molecule has 94 valence electrons. The number of benzene rings is 1. The molecule has 0 amide bonds. The van der Waals surface area contributed by atoms with Gasteiger partial charge in [-0.25, -0.2) is 0 Å².